The number of rotatable bonds is 5. The van der Waals surface area contributed by atoms with Crippen molar-refractivity contribution in [1.29, 1.82) is 0 Å². The van der Waals surface area contributed by atoms with Gasteiger partial charge < -0.3 is 14.8 Å². The number of nitrogens with one attached hydrogen (secondary N) is 1. The molecule has 0 aliphatic rings. The van der Waals surface area contributed by atoms with Gasteiger partial charge in [-0.05, 0) is 64.5 Å². The van der Waals surface area contributed by atoms with Gasteiger partial charge in [-0.3, -0.25) is 4.79 Å². The molecule has 0 saturated heterocycles. The number of para-hydroxylation sites is 1. The molecule has 0 unspecified atom stereocenters. The number of halogens is 1. The summed E-state index contributed by atoms with van der Waals surface area (Å²) in [7, 11) is 1.52. The molecule has 3 rings (SSSR count). The van der Waals surface area contributed by atoms with E-state index < -0.39 is 5.97 Å². The average Bonchev–Trinajstić information content (AvgIpc) is 3.10. The van der Waals surface area contributed by atoms with E-state index in [2.05, 4.69) is 21.2 Å². The van der Waals surface area contributed by atoms with Crippen LogP contribution in [0.2, 0.25) is 0 Å². The fourth-order valence-electron chi connectivity index (χ4n) is 2.22. The molecule has 2 aromatic carbocycles. The predicted octanol–water partition coefficient (Wildman–Crippen LogP) is 4.99. The third-order valence-corrected chi connectivity index (χ3v) is 5.05. The van der Waals surface area contributed by atoms with Gasteiger partial charge in [-0.25, -0.2) is 4.79 Å². The first-order valence-corrected chi connectivity index (χ1v) is 9.19. The first-order chi connectivity index (χ1) is 12.6. The zero-order chi connectivity index (χ0) is 18.5. The van der Waals surface area contributed by atoms with E-state index in [-0.39, 0.29) is 5.91 Å². The lowest BCUT2D eigenvalue weighted by molar-refractivity contribution is 0.0739. The largest absolute Gasteiger partial charge is 0.496 e. The summed E-state index contributed by atoms with van der Waals surface area (Å²) in [5.41, 5.74) is 1.02. The highest BCUT2D eigenvalue weighted by Gasteiger charge is 2.13. The zero-order valence-corrected chi connectivity index (χ0v) is 16.1. The van der Waals surface area contributed by atoms with Gasteiger partial charge in [-0.1, -0.05) is 12.1 Å². The van der Waals surface area contributed by atoms with Crippen LogP contribution in [0.4, 0.5) is 5.69 Å². The number of hydrogen-bond acceptors (Lipinski definition) is 5. The summed E-state index contributed by atoms with van der Waals surface area (Å²) in [6, 6.07) is 17.0. The molecule has 132 valence electrons. The van der Waals surface area contributed by atoms with Crippen LogP contribution in [0.1, 0.15) is 20.0 Å². The van der Waals surface area contributed by atoms with Crippen LogP contribution in [-0.4, -0.2) is 19.0 Å². The molecule has 0 fully saturated rings. The number of methoxy groups -OCH3 is 1. The minimum Gasteiger partial charge on any atom is -0.496 e. The number of thiophene rings is 1. The van der Waals surface area contributed by atoms with E-state index in [9.17, 15) is 9.59 Å². The number of hydrogen-bond donors (Lipinski definition) is 1. The Kier molecular flexibility index (Phi) is 5.70. The highest BCUT2D eigenvalue weighted by atomic mass is 79.9. The second-order valence-corrected chi connectivity index (χ2v) is 7.64. The summed E-state index contributed by atoms with van der Waals surface area (Å²) in [5, 5.41) is 2.78. The molecular formula is C19H14BrNO4S. The van der Waals surface area contributed by atoms with E-state index in [1.807, 2.05) is 0 Å². The number of carbonyl (C=O) groups is 2. The highest BCUT2D eigenvalue weighted by Crippen LogP contribution is 2.25. The fraction of sp³-hybridized carbons (Fsp3) is 0.0526. The van der Waals surface area contributed by atoms with Gasteiger partial charge in [-0.2, -0.15) is 0 Å². The Morgan fingerprint density at radius 1 is 1.00 bits per heavy atom. The van der Waals surface area contributed by atoms with Crippen LogP contribution < -0.4 is 14.8 Å². The number of esters is 1. The van der Waals surface area contributed by atoms with Crippen molar-refractivity contribution in [3.8, 4) is 11.5 Å². The smallest absolute Gasteiger partial charge is 0.353 e. The van der Waals surface area contributed by atoms with Crippen LogP contribution in [0.25, 0.3) is 0 Å². The van der Waals surface area contributed by atoms with Crippen LogP contribution in [-0.2, 0) is 0 Å². The summed E-state index contributed by atoms with van der Waals surface area (Å²) < 4.78 is 11.4. The Bertz CT molecular complexity index is 937. The average molecular weight is 432 g/mol. The molecule has 1 N–H and O–H groups in total. The lowest BCUT2D eigenvalue weighted by Gasteiger charge is -2.09. The van der Waals surface area contributed by atoms with Crippen molar-refractivity contribution in [2.75, 3.05) is 12.4 Å². The molecule has 0 radical (unpaired) electrons. The SMILES string of the molecule is COc1ccccc1C(=O)Nc1ccc(OC(=O)c2ccc(Br)s2)cc1. The standard InChI is InChI=1S/C19H14BrNO4S/c1-24-15-5-3-2-4-14(15)18(22)21-12-6-8-13(9-7-12)25-19(23)16-10-11-17(20)26-16/h2-11H,1H3,(H,21,22). The third kappa shape index (κ3) is 4.30. The van der Waals surface area contributed by atoms with Gasteiger partial charge in [0.2, 0.25) is 0 Å². The van der Waals surface area contributed by atoms with E-state index in [0.29, 0.717) is 27.6 Å². The minimum atomic E-state index is -0.425. The maximum absolute atomic E-state index is 12.4. The second-order valence-electron chi connectivity index (χ2n) is 5.17. The quantitative estimate of drug-likeness (QED) is 0.456. The monoisotopic (exact) mass is 431 g/mol. The Morgan fingerprint density at radius 2 is 1.73 bits per heavy atom. The molecule has 0 saturated carbocycles. The van der Waals surface area contributed by atoms with E-state index >= 15 is 0 Å². The van der Waals surface area contributed by atoms with Crippen molar-refractivity contribution in [3.05, 3.63) is 74.9 Å². The van der Waals surface area contributed by atoms with Crippen molar-refractivity contribution in [2.24, 2.45) is 0 Å². The van der Waals surface area contributed by atoms with E-state index in [1.165, 1.54) is 18.4 Å². The van der Waals surface area contributed by atoms with Crippen molar-refractivity contribution in [1.82, 2.24) is 0 Å². The third-order valence-electron chi connectivity index (χ3n) is 3.45. The molecule has 1 aromatic heterocycles. The van der Waals surface area contributed by atoms with Gasteiger partial charge in [0.1, 0.15) is 16.4 Å². The van der Waals surface area contributed by atoms with Gasteiger partial charge in [0.05, 0.1) is 16.5 Å². The van der Waals surface area contributed by atoms with E-state index in [0.717, 1.165) is 3.79 Å². The Hall–Kier alpha value is -2.64. The molecule has 0 atom stereocenters. The van der Waals surface area contributed by atoms with Crippen LogP contribution in [0.15, 0.2) is 64.5 Å². The van der Waals surface area contributed by atoms with Gasteiger partial charge in [0.15, 0.2) is 0 Å². The van der Waals surface area contributed by atoms with Crippen molar-refractivity contribution in [3.63, 3.8) is 0 Å². The topological polar surface area (TPSA) is 64.6 Å². The lowest BCUT2D eigenvalue weighted by Crippen LogP contribution is -2.13. The molecule has 0 aliphatic heterocycles. The molecule has 1 amide bonds. The summed E-state index contributed by atoms with van der Waals surface area (Å²) >= 11 is 4.61. The van der Waals surface area contributed by atoms with Crippen molar-refractivity contribution >= 4 is 44.8 Å². The molecule has 7 heteroatoms. The normalized spacial score (nSPS) is 10.2. The van der Waals surface area contributed by atoms with Crippen molar-refractivity contribution in [2.45, 2.75) is 0 Å². The Labute approximate surface area is 162 Å². The van der Waals surface area contributed by atoms with Gasteiger partial charge in [0, 0.05) is 5.69 Å². The number of benzene rings is 2. The number of carbonyl (C=O) groups excluding carboxylic acids is 2. The first kappa shape index (κ1) is 18.2. The Balaban J connectivity index is 1.66. The lowest BCUT2D eigenvalue weighted by atomic mass is 10.2. The van der Waals surface area contributed by atoms with Gasteiger partial charge in [0.25, 0.3) is 5.91 Å². The molecule has 0 aliphatic carbocycles. The summed E-state index contributed by atoms with van der Waals surface area (Å²) in [5.74, 6) is 0.189. The number of anilines is 1. The van der Waals surface area contributed by atoms with Crippen molar-refractivity contribution < 1.29 is 19.1 Å². The first-order valence-electron chi connectivity index (χ1n) is 7.59. The molecule has 0 bridgehead atoms. The summed E-state index contributed by atoms with van der Waals surface area (Å²) in [6.07, 6.45) is 0. The summed E-state index contributed by atoms with van der Waals surface area (Å²) in [4.78, 5) is 24.9. The van der Waals surface area contributed by atoms with Gasteiger partial charge in [-0.15, -0.1) is 11.3 Å². The minimum absolute atomic E-state index is 0.282. The maximum Gasteiger partial charge on any atom is 0.353 e. The van der Waals surface area contributed by atoms with E-state index in [1.54, 1.807) is 60.7 Å². The molecule has 5 nitrogen and oxygen atoms in total. The molecular weight excluding hydrogens is 418 g/mol. The summed E-state index contributed by atoms with van der Waals surface area (Å²) in [6.45, 7) is 0. The van der Waals surface area contributed by atoms with E-state index in [4.69, 9.17) is 9.47 Å². The van der Waals surface area contributed by atoms with Crippen LogP contribution in [0, 0.1) is 0 Å². The molecule has 3 aromatic rings. The van der Waals surface area contributed by atoms with Crippen LogP contribution in [0.3, 0.4) is 0 Å². The Morgan fingerprint density at radius 3 is 2.38 bits per heavy atom. The highest BCUT2D eigenvalue weighted by molar-refractivity contribution is 9.11. The number of amides is 1. The zero-order valence-electron chi connectivity index (χ0n) is 13.7. The predicted molar refractivity (Wildman–Crippen MR) is 104 cm³/mol. The molecule has 1 heterocycles. The fourth-order valence-corrected chi connectivity index (χ4v) is 3.48. The van der Waals surface area contributed by atoms with Gasteiger partial charge >= 0.3 is 5.97 Å². The number of ether oxygens (including phenoxy) is 2. The second kappa shape index (κ2) is 8.16. The maximum atomic E-state index is 12.4. The molecule has 0 spiro atoms. The van der Waals surface area contributed by atoms with Crippen LogP contribution >= 0.6 is 27.3 Å². The van der Waals surface area contributed by atoms with Crippen LogP contribution in [0.5, 0.6) is 11.5 Å². The molecule has 26 heavy (non-hydrogen) atoms.